The third-order valence-electron chi connectivity index (χ3n) is 5.59. The average Bonchev–Trinajstić information content (AvgIpc) is 3.04. The van der Waals surface area contributed by atoms with Crippen LogP contribution in [-0.2, 0) is 26.4 Å². The largest absolute Gasteiger partial charge is 0.336 e. The summed E-state index contributed by atoms with van der Waals surface area (Å²) in [6.07, 6.45) is 2.28. The van der Waals surface area contributed by atoms with E-state index in [4.69, 9.17) is 0 Å². The summed E-state index contributed by atoms with van der Waals surface area (Å²) < 4.78 is 29.6. The van der Waals surface area contributed by atoms with Gasteiger partial charge in [0.05, 0.1) is 0 Å². The minimum Gasteiger partial charge on any atom is -0.336 e. The Morgan fingerprint density at radius 1 is 1.29 bits per heavy atom. The zero-order valence-electron chi connectivity index (χ0n) is 15.9. The van der Waals surface area contributed by atoms with Gasteiger partial charge in [-0.15, -0.1) is 0 Å². The number of benzene rings is 1. The molecule has 1 aromatic carbocycles. The van der Waals surface area contributed by atoms with Gasteiger partial charge in [0.25, 0.3) is 5.91 Å². The maximum Gasteiger partial charge on any atom is 0.274 e. The van der Waals surface area contributed by atoms with Crippen molar-refractivity contribution in [1.29, 1.82) is 0 Å². The highest BCUT2D eigenvalue weighted by Gasteiger charge is 2.31. The van der Waals surface area contributed by atoms with Crippen molar-refractivity contribution in [2.45, 2.75) is 31.8 Å². The lowest BCUT2D eigenvalue weighted by Gasteiger charge is -2.27. The molecule has 0 spiro atoms. The first-order chi connectivity index (χ1) is 13.5. The number of halogens is 2. The first kappa shape index (κ1) is 19.4. The van der Waals surface area contributed by atoms with Crippen LogP contribution in [0.4, 0.5) is 8.78 Å². The van der Waals surface area contributed by atoms with Crippen LogP contribution in [0.15, 0.2) is 18.2 Å². The van der Waals surface area contributed by atoms with Crippen molar-refractivity contribution in [3.8, 4) is 0 Å². The fraction of sp³-hybridized carbons (Fsp3) is 0.500. The monoisotopic (exact) mass is 406 g/mol. The van der Waals surface area contributed by atoms with E-state index in [1.54, 1.807) is 0 Å². The lowest BCUT2D eigenvalue weighted by molar-refractivity contribution is 0.0764. The van der Waals surface area contributed by atoms with Gasteiger partial charge in [-0.2, -0.15) is 16.9 Å². The molecule has 1 saturated heterocycles. The van der Waals surface area contributed by atoms with Gasteiger partial charge in [0.15, 0.2) is 5.69 Å². The highest BCUT2D eigenvalue weighted by atomic mass is 32.2. The molecule has 4 rings (SSSR count). The Kier molecular flexibility index (Phi) is 5.68. The number of carbonyl (C=O) groups is 1. The number of nitrogens with one attached hydrogen (secondary N) is 1. The maximum atomic E-state index is 13.9. The normalized spacial score (nSPS) is 19.5. The van der Waals surface area contributed by atoms with Crippen LogP contribution in [-0.4, -0.2) is 51.2 Å². The van der Waals surface area contributed by atoms with E-state index in [9.17, 15) is 13.6 Å². The van der Waals surface area contributed by atoms with Crippen LogP contribution in [0, 0.1) is 11.6 Å². The number of aromatic nitrogens is 2. The fourth-order valence-electron chi connectivity index (χ4n) is 4.00. The Balaban J connectivity index is 1.49. The number of nitrogens with zero attached hydrogens (tertiary/aromatic N) is 3. The van der Waals surface area contributed by atoms with Gasteiger partial charge < -0.3 is 10.2 Å². The van der Waals surface area contributed by atoms with Crippen LogP contribution < -0.4 is 5.32 Å². The smallest absolute Gasteiger partial charge is 0.274 e. The average molecular weight is 407 g/mol. The van der Waals surface area contributed by atoms with Crippen LogP contribution in [0.5, 0.6) is 0 Å². The summed E-state index contributed by atoms with van der Waals surface area (Å²) in [6.45, 7) is 1.64. The van der Waals surface area contributed by atoms with E-state index in [0.29, 0.717) is 12.1 Å². The third-order valence-corrected chi connectivity index (χ3v) is 6.53. The molecule has 2 aliphatic rings. The van der Waals surface area contributed by atoms with Crippen molar-refractivity contribution in [2.24, 2.45) is 7.05 Å². The van der Waals surface area contributed by atoms with Crippen LogP contribution in [0.1, 0.15) is 33.7 Å². The predicted octanol–water partition coefficient (Wildman–Crippen LogP) is 2.53. The molecule has 150 valence electrons. The van der Waals surface area contributed by atoms with Crippen LogP contribution in [0.3, 0.4) is 0 Å². The Labute approximate surface area is 167 Å². The van der Waals surface area contributed by atoms with Crippen molar-refractivity contribution < 1.29 is 13.6 Å². The van der Waals surface area contributed by atoms with Crippen LogP contribution in [0.2, 0.25) is 0 Å². The molecule has 1 aromatic heterocycles. The standard InChI is InChI=1S/C20H24F2N4OS/c1-25-18-6-5-13(23-12-15-16(21)3-2-4-17(15)22)11-14(18)19(24-25)20(27)26-7-9-28-10-8-26/h2-4,13,23H,5-12H2,1H3. The summed E-state index contributed by atoms with van der Waals surface area (Å²) in [5, 5.41) is 7.79. The SMILES string of the molecule is Cn1nc(C(=O)N2CCSCC2)c2c1CCC(NCc1c(F)cccc1F)C2. The molecule has 0 radical (unpaired) electrons. The second-order valence-corrected chi connectivity index (χ2v) is 8.55. The third kappa shape index (κ3) is 3.80. The van der Waals surface area contributed by atoms with Gasteiger partial charge in [-0.3, -0.25) is 9.48 Å². The van der Waals surface area contributed by atoms with Crippen LogP contribution in [0.25, 0.3) is 0 Å². The number of hydrogen-bond donors (Lipinski definition) is 1. The fourth-order valence-corrected chi connectivity index (χ4v) is 4.90. The zero-order chi connectivity index (χ0) is 19.7. The summed E-state index contributed by atoms with van der Waals surface area (Å²) in [5.41, 5.74) is 2.66. The molecule has 0 saturated carbocycles. The topological polar surface area (TPSA) is 50.2 Å². The molecule has 2 aromatic rings. The highest BCUT2D eigenvalue weighted by Crippen LogP contribution is 2.26. The van der Waals surface area contributed by atoms with Crippen molar-refractivity contribution in [3.05, 3.63) is 52.3 Å². The first-order valence-electron chi connectivity index (χ1n) is 9.62. The van der Waals surface area contributed by atoms with Gasteiger partial charge in [-0.05, 0) is 31.4 Å². The predicted molar refractivity (Wildman–Crippen MR) is 105 cm³/mol. The Morgan fingerprint density at radius 3 is 2.71 bits per heavy atom. The molecule has 8 heteroatoms. The molecule has 1 aliphatic carbocycles. The second-order valence-electron chi connectivity index (χ2n) is 7.32. The van der Waals surface area contributed by atoms with Gasteiger partial charge in [-0.1, -0.05) is 6.07 Å². The number of hydrogen-bond acceptors (Lipinski definition) is 4. The maximum absolute atomic E-state index is 13.9. The van der Waals surface area contributed by atoms with E-state index >= 15 is 0 Å². The molecule has 28 heavy (non-hydrogen) atoms. The number of thioether (sulfide) groups is 1. The minimum atomic E-state index is -0.538. The molecule has 1 unspecified atom stereocenters. The summed E-state index contributed by atoms with van der Waals surface area (Å²) in [4.78, 5) is 14.9. The summed E-state index contributed by atoms with van der Waals surface area (Å²) >= 11 is 1.86. The molecule has 1 atom stereocenters. The molecule has 1 fully saturated rings. The van der Waals surface area contributed by atoms with E-state index in [1.165, 1.54) is 18.2 Å². The first-order valence-corrected chi connectivity index (χ1v) is 10.8. The molecular weight excluding hydrogens is 382 g/mol. The molecule has 0 bridgehead atoms. The Morgan fingerprint density at radius 2 is 2.00 bits per heavy atom. The van der Waals surface area contributed by atoms with Gasteiger partial charge in [0.1, 0.15) is 11.6 Å². The van der Waals surface area contributed by atoms with E-state index in [2.05, 4.69) is 10.4 Å². The molecule has 5 nitrogen and oxygen atoms in total. The summed E-state index contributed by atoms with van der Waals surface area (Å²) in [5.74, 6) is 0.838. The molecule has 1 aliphatic heterocycles. The number of aryl methyl sites for hydroxylation is 1. The molecular formula is C20H24F2N4OS. The van der Waals surface area contributed by atoms with Crippen molar-refractivity contribution >= 4 is 17.7 Å². The second kappa shape index (κ2) is 8.21. The van der Waals surface area contributed by atoms with Gasteiger partial charge in [-0.25, -0.2) is 8.78 Å². The van der Waals surface area contributed by atoms with Crippen LogP contribution >= 0.6 is 11.8 Å². The van der Waals surface area contributed by atoms with E-state index in [-0.39, 0.29) is 24.1 Å². The number of amides is 1. The zero-order valence-corrected chi connectivity index (χ0v) is 16.7. The lowest BCUT2D eigenvalue weighted by Crippen LogP contribution is -2.39. The van der Waals surface area contributed by atoms with E-state index < -0.39 is 11.6 Å². The van der Waals surface area contributed by atoms with Gasteiger partial charge in [0.2, 0.25) is 0 Å². The van der Waals surface area contributed by atoms with Crippen molar-refractivity contribution in [3.63, 3.8) is 0 Å². The van der Waals surface area contributed by atoms with E-state index in [1.807, 2.05) is 28.4 Å². The molecule has 1 N–H and O–H groups in total. The number of rotatable bonds is 4. The Bertz CT molecular complexity index is 859. The number of carbonyl (C=O) groups excluding carboxylic acids is 1. The Hall–Kier alpha value is -1.93. The highest BCUT2D eigenvalue weighted by molar-refractivity contribution is 7.99. The quantitative estimate of drug-likeness (QED) is 0.848. The summed E-state index contributed by atoms with van der Waals surface area (Å²) in [6, 6.07) is 3.97. The molecule has 2 heterocycles. The van der Waals surface area contributed by atoms with E-state index in [0.717, 1.165) is 48.7 Å². The minimum absolute atomic E-state index is 0.00190. The summed E-state index contributed by atoms with van der Waals surface area (Å²) in [7, 11) is 1.88. The lowest BCUT2D eigenvalue weighted by atomic mass is 9.91. The number of fused-ring (bicyclic) bond motifs is 1. The van der Waals surface area contributed by atoms with Crippen molar-refractivity contribution in [1.82, 2.24) is 20.0 Å². The van der Waals surface area contributed by atoms with Crippen molar-refractivity contribution in [2.75, 3.05) is 24.6 Å². The van der Waals surface area contributed by atoms with Gasteiger partial charge in [0, 0.05) is 61.1 Å². The van der Waals surface area contributed by atoms with Gasteiger partial charge >= 0.3 is 0 Å². The molecule has 1 amide bonds.